The van der Waals surface area contributed by atoms with Crippen molar-refractivity contribution in [2.24, 2.45) is 4.99 Å². The van der Waals surface area contributed by atoms with Crippen LogP contribution in [0.3, 0.4) is 0 Å². The van der Waals surface area contributed by atoms with Gasteiger partial charge >= 0.3 is 0 Å². The lowest BCUT2D eigenvalue weighted by Gasteiger charge is -1.99. The molecule has 0 atom stereocenters. The van der Waals surface area contributed by atoms with Gasteiger partial charge in [0.2, 0.25) is 0 Å². The summed E-state index contributed by atoms with van der Waals surface area (Å²) in [5, 5.41) is 1.95. The van der Waals surface area contributed by atoms with Gasteiger partial charge in [-0.2, -0.15) is 4.99 Å². The Morgan fingerprint density at radius 1 is 1.05 bits per heavy atom. The molecule has 110 valence electrons. The highest BCUT2D eigenvalue weighted by atomic mass is 32.2. The molecule has 5 heteroatoms. The number of benzene rings is 2. The van der Waals surface area contributed by atoms with Gasteiger partial charge in [0.1, 0.15) is 5.69 Å². The standard InChI is InChI=1S/C17H11F2NS2/c1-2-22-14-7-5-12(6-8-14)3-4-13-9-15(18)17(20-11-21)16(19)10-13/h5-10H,2H2,1H3. The first kappa shape index (κ1) is 16.4. The lowest BCUT2D eigenvalue weighted by Crippen LogP contribution is -1.86. The van der Waals surface area contributed by atoms with Gasteiger partial charge in [0.15, 0.2) is 11.6 Å². The van der Waals surface area contributed by atoms with Crippen LogP contribution < -0.4 is 0 Å². The Kier molecular flexibility index (Phi) is 5.85. The maximum Gasteiger partial charge on any atom is 0.153 e. The van der Waals surface area contributed by atoms with Crippen LogP contribution in [0.4, 0.5) is 14.5 Å². The zero-order chi connectivity index (χ0) is 15.9. The Bertz CT molecular complexity index is 760. The molecular formula is C17H11F2NS2. The molecule has 2 aromatic carbocycles. The van der Waals surface area contributed by atoms with Gasteiger partial charge in [0, 0.05) is 16.0 Å². The fourth-order valence-corrected chi connectivity index (χ4v) is 2.49. The van der Waals surface area contributed by atoms with Crippen molar-refractivity contribution in [3.63, 3.8) is 0 Å². The summed E-state index contributed by atoms with van der Waals surface area (Å²) in [4.78, 5) is 4.52. The first-order valence-corrected chi connectivity index (χ1v) is 7.85. The molecule has 0 aliphatic heterocycles. The van der Waals surface area contributed by atoms with Gasteiger partial charge in [-0.1, -0.05) is 18.8 Å². The van der Waals surface area contributed by atoms with Crippen molar-refractivity contribution in [3.8, 4) is 11.8 Å². The molecule has 0 heterocycles. The zero-order valence-electron chi connectivity index (χ0n) is 11.7. The Morgan fingerprint density at radius 2 is 1.64 bits per heavy atom. The number of isothiocyanates is 1. The van der Waals surface area contributed by atoms with E-state index in [1.807, 2.05) is 29.4 Å². The van der Waals surface area contributed by atoms with Gasteiger partial charge in [0.05, 0.1) is 5.16 Å². The van der Waals surface area contributed by atoms with E-state index in [4.69, 9.17) is 0 Å². The Labute approximate surface area is 137 Å². The van der Waals surface area contributed by atoms with Gasteiger partial charge in [0.25, 0.3) is 0 Å². The monoisotopic (exact) mass is 331 g/mol. The molecule has 2 aromatic rings. The summed E-state index contributed by atoms with van der Waals surface area (Å²) in [6.45, 7) is 2.08. The fraction of sp³-hybridized carbons (Fsp3) is 0.118. The van der Waals surface area contributed by atoms with Crippen LogP contribution in [0.2, 0.25) is 0 Å². The molecule has 0 bridgehead atoms. The first-order valence-electron chi connectivity index (χ1n) is 6.46. The highest BCUT2D eigenvalue weighted by Gasteiger charge is 2.09. The third-order valence-corrected chi connectivity index (χ3v) is 3.68. The number of thiocarbonyl (C=S) groups is 1. The fourth-order valence-electron chi connectivity index (χ4n) is 1.74. The molecule has 0 aromatic heterocycles. The van der Waals surface area contributed by atoms with Crippen LogP contribution in [-0.2, 0) is 0 Å². The lowest BCUT2D eigenvalue weighted by atomic mass is 10.1. The highest BCUT2D eigenvalue weighted by molar-refractivity contribution is 7.99. The number of hydrogen-bond acceptors (Lipinski definition) is 3. The number of rotatable bonds is 3. The van der Waals surface area contributed by atoms with Crippen LogP contribution in [0.1, 0.15) is 18.1 Å². The molecule has 0 saturated carbocycles. The van der Waals surface area contributed by atoms with Gasteiger partial charge in [-0.15, -0.1) is 11.8 Å². The van der Waals surface area contributed by atoms with Crippen molar-refractivity contribution in [2.45, 2.75) is 11.8 Å². The minimum absolute atomic E-state index is 0.241. The first-order chi connectivity index (χ1) is 10.6. The SMILES string of the molecule is CCSc1ccc(C#Cc2cc(F)c(N=C=S)c(F)c2)cc1. The summed E-state index contributed by atoms with van der Waals surface area (Å²) in [7, 11) is 0. The zero-order valence-corrected chi connectivity index (χ0v) is 13.3. The smallest absolute Gasteiger partial charge is 0.153 e. The van der Waals surface area contributed by atoms with E-state index in [1.165, 1.54) is 0 Å². The molecule has 0 N–H and O–H groups in total. The maximum atomic E-state index is 13.7. The predicted octanol–water partition coefficient (Wildman–Crippen LogP) is 5.21. The molecule has 0 fully saturated rings. The summed E-state index contributed by atoms with van der Waals surface area (Å²) in [5.41, 5.74) is 0.578. The third kappa shape index (κ3) is 4.25. The Hall–Kier alpha value is -1.99. The predicted molar refractivity (Wildman–Crippen MR) is 89.9 cm³/mol. The van der Waals surface area contributed by atoms with Crippen LogP contribution in [0.5, 0.6) is 0 Å². The summed E-state index contributed by atoms with van der Waals surface area (Å²) in [6, 6.07) is 9.95. The van der Waals surface area contributed by atoms with Gasteiger partial charge in [-0.25, -0.2) is 8.78 Å². The van der Waals surface area contributed by atoms with Crippen molar-refractivity contribution >= 4 is 34.8 Å². The number of aliphatic imine (C=N–C) groups is 1. The summed E-state index contributed by atoms with van der Waals surface area (Å²) >= 11 is 6.09. The minimum atomic E-state index is -0.809. The van der Waals surface area contributed by atoms with Crippen LogP contribution in [0.25, 0.3) is 0 Å². The van der Waals surface area contributed by atoms with Crippen LogP contribution >= 0.6 is 24.0 Å². The third-order valence-electron chi connectivity index (χ3n) is 2.69. The molecule has 0 spiro atoms. The Morgan fingerprint density at radius 3 is 2.18 bits per heavy atom. The van der Waals surface area contributed by atoms with E-state index >= 15 is 0 Å². The molecule has 0 radical (unpaired) electrons. The summed E-state index contributed by atoms with van der Waals surface area (Å²) in [5.74, 6) is 5.00. The minimum Gasteiger partial charge on any atom is -0.204 e. The van der Waals surface area contributed by atoms with Crippen LogP contribution in [0, 0.1) is 23.5 Å². The van der Waals surface area contributed by atoms with Gasteiger partial charge < -0.3 is 0 Å². The number of nitrogens with zero attached hydrogens (tertiary/aromatic N) is 1. The van der Waals surface area contributed by atoms with E-state index in [0.717, 1.165) is 28.3 Å². The lowest BCUT2D eigenvalue weighted by molar-refractivity contribution is 0.587. The average molecular weight is 331 g/mol. The second-order valence-electron chi connectivity index (χ2n) is 4.20. The number of halogens is 2. The van der Waals surface area contributed by atoms with Crippen molar-refractivity contribution in [1.29, 1.82) is 0 Å². The molecule has 0 unspecified atom stereocenters. The van der Waals surface area contributed by atoms with Crippen LogP contribution in [-0.4, -0.2) is 10.9 Å². The van der Waals surface area contributed by atoms with Crippen LogP contribution in [0.15, 0.2) is 46.3 Å². The highest BCUT2D eigenvalue weighted by Crippen LogP contribution is 2.23. The molecule has 0 saturated heterocycles. The van der Waals surface area contributed by atoms with Gasteiger partial charge in [-0.05, 0) is 54.4 Å². The maximum absolute atomic E-state index is 13.7. The Balaban J connectivity index is 2.26. The van der Waals surface area contributed by atoms with E-state index in [1.54, 1.807) is 11.8 Å². The molecule has 0 amide bonds. The van der Waals surface area contributed by atoms with Crippen molar-refractivity contribution in [1.82, 2.24) is 0 Å². The summed E-state index contributed by atoms with van der Waals surface area (Å²) < 4.78 is 27.3. The van der Waals surface area contributed by atoms with E-state index in [2.05, 4.69) is 36.0 Å². The average Bonchev–Trinajstić information content (AvgIpc) is 2.50. The number of thioether (sulfide) groups is 1. The van der Waals surface area contributed by atoms with E-state index in [9.17, 15) is 8.78 Å². The molecule has 22 heavy (non-hydrogen) atoms. The molecule has 0 aliphatic rings. The second-order valence-corrected chi connectivity index (χ2v) is 5.72. The van der Waals surface area contributed by atoms with E-state index in [-0.39, 0.29) is 5.56 Å². The van der Waals surface area contributed by atoms with E-state index in [0.29, 0.717) is 0 Å². The number of hydrogen-bond donors (Lipinski definition) is 0. The topological polar surface area (TPSA) is 12.4 Å². The van der Waals surface area contributed by atoms with Gasteiger partial charge in [-0.3, -0.25) is 0 Å². The normalized spacial score (nSPS) is 9.59. The van der Waals surface area contributed by atoms with Crippen molar-refractivity contribution < 1.29 is 8.78 Å². The molecule has 2 rings (SSSR count). The molecule has 0 aliphatic carbocycles. The van der Waals surface area contributed by atoms with E-state index < -0.39 is 17.3 Å². The van der Waals surface area contributed by atoms with Crippen molar-refractivity contribution in [3.05, 3.63) is 59.2 Å². The van der Waals surface area contributed by atoms with Crippen molar-refractivity contribution in [2.75, 3.05) is 5.75 Å². The largest absolute Gasteiger partial charge is 0.204 e. The summed E-state index contributed by atoms with van der Waals surface area (Å²) in [6.07, 6.45) is 0. The second kappa shape index (κ2) is 7.86. The quantitative estimate of drug-likeness (QED) is 0.331. The molecular weight excluding hydrogens is 320 g/mol. The molecule has 1 nitrogen and oxygen atoms in total.